The molecule has 1 N–H and O–H groups in total. The highest BCUT2D eigenvalue weighted by Crippen LogP contribution is 2.29. The van der Waals surface area contributed by atoms with Gasteiger partial charge >= 0.3 is 12.2 Å². The first kappa shape index (κ1) is 14.3. The standard InChI is InChI=1S/C13H11F3N2O2/c14-13(15,16)11-5-7-17-12(18-11)20-10-4-2-1-3-9(10)6-8-19/h1-5,7,19H,6,8H2. The van der Waals surface area contributed by atoms with Crippen LogP contribution in [-0.2, 0) is 12.6 Å². The molecule has 0 amide bonds. The van der Waals surface area contributed by atoms with Gasteiger partial charge in [-0.25, -0.2) is 4.98 Å². The fourth-order valence-corrected chi connectivity index (χ4v) is 1.58. The van der Waals surface area contributed by atoms with E-state index >= 15 is 0 Å². The number of rotatable bonds is 4. The van der Waals surface area contributed by atoms with Crippen molar-refractivity contribution in [2.45, 2.75) is 12.6 Å². The Morgan fingerprint density at radius 1 is 1.15 bits per heavy atom. The van der Waals surface area contributed by atoms with Crippen LogP contribution in [0, 0.1) is 0 Å². The number of aliphatic hydroxyl groups is 1. The molecule has 0 radical (unpaired) electrons. The molecular weight excluding hydrogens is 273 g/mol. The van der Waals surface area contributed by atoms with E-state index in [2.05, 4.69) is 9.97 Å². The fourth-order valence-electron chi connectivity index (χ4n) is 1.58. The maximum absolute atomic E-state index is 12.5. The maximum Gasteiger partial charge on any atom is 0.433 e. The second kappa shape index (κ2) is 5.87. The minimum Gasteiger partial charge on any atom is -0.424 e. The number of hydrogen-bond acceptors (Lipinski definition) is 4. The van der Waals surface area contributed by atoms with Crippen molar-refractivity contribution in [1.29, 1.82) is 0 Å². The molecule has 2 aromatic rings. The van der Waals surface area contributed by atoms with Crippen molar-refractivity contribution >= 4 is 0 Å². The molecule has 106 valence electrons. The van der Waals surface area contributed by atoms with Crippen LogP contribution in [0.4, 0.5) is 13.2 Å². The summed E-state index contributed by atoms with van der Waals surface area (Å²) in [5.41, 5.74) is -0.404. The molecule has 1 aromatic carbocycles. The van der Waals surface area contributed by atoms with E-state index in [4.69, 9.17) is 9.84 Å². The summed E-state index contributed by atoms with van der Waals surface area (Å²) >= 11 is 0. The molecule has 0 saturated carbocycles. The summed E-state index contributed by atoms with van der Waals surface area (Å²) in [5.74, 6) is 0.320. The van der Waals surface area contributed by atoms with Crippen molar-refractivity contribution in [2.75, 3.05) is 6.61 Å². The topological polar surface area (TPSA) is 55.2 Å². The number of aliphatic hydroxyl groups excluding tert-OH is 1. The molecule has 0 saturated heterocycles. The quantitative estimate of drug-likeness (QED) is 0.938. The Hall–Kier alpha value is -2.15. The number of alkyl halides is 3. The van der Waals surface area contributed by atoms with Gasteiger partial charge in [0.1, 0.15) is 5.75 Å². The van der Waals surface area contributed by atoms with E-state index in [0.29, 0.717) is 17.7 Å². The molecule has 1 aromatic heterocycles. The van der Waals surface area contributed by atoms with Gasteiger partial charge in [-0.2, -0.15) is 18.2 Å². The molecule has 0 spiro atoms. The van der Waals surface area contributed by atoms with Gasteiger partial charge in [-0.3, -0.25) is 0 Å². The highest BCUT2D eigenvalue weighted by Gasteiger charge is 2.33. The van der Waals surface area contributed by atoms with Crippen LogP contribution in [0.25, 0.3) is 0 Å². The van der Waals surface area contributed by atoms with Crippen LogP contribution < -0.4 is 4.74 Å². The van der Waals surface area contributed by atoms with Crippen LogP contribution in [0.3, 0.4) is 0 Å². The lowest BCUT2D eigenvalue weighted by atomic mass is 10.1. The molecule has 7 heteroatoms. The summed E-state index contributed by atoms with van der Waals surface area (Å²) in [4.78, 5) is 6.97. The number of hydrogen-bond donors (Lipinski definition) is 1. The highest BCUT2D eigenvalue weighted by atomic mass is 19.4. The lowest BCUT2D eigenvalue weighted by molar-refractivity contribution is -0.141. The predicted octanol–water partition coefficient (Wildman–Crippen LogP) is 2.82. The fraction of sp³-hybridized carbons (Fsp3) is 0.231. The van der Waals surface area contributed by atoms with Crippen LogP contribution in [0.1, 0.15) is 11.3 Å². The van der Waals surface area contributed by atoms with Crippen LogP contribution in [0.5, 0.6) is 11.8 Å². The van der Waals surface area contributed by atoms with E-state index in [1.54, 1.807) is 24.3 Å². The lowest BCUT2D eigenvalue weighted by Gasteiger charge is -2.10. The number of halogens is 3. The van der Waals surface area contributed by atoms with E-state index in [1.807, 2.05) is 0 Å². The Labute approximate surface area is 112 Å². The van der Waals surface area contributed by atoms with Gasteiger partial charge in [0.2, 0.25) is 0 Å². The van der Waals surface area contributed by atoms with Gasteiger partial charge in [-0.15, -0.1) is 0 Å². The summed E-state index contributed by atoms with van der Waals surface area (Å²) in [6.07, 6.45) is -3.24. The first-order valence-corrected chi connectivity index (χ1v) is 5.77. The molecule has 0 aliphatic rings. The van der Waals surface area contributed by atoms with Crippen molar-refractivity contribution in [2.24, 2.45) is 0 Å². The lowest BCUT2D eigenvalue weighted by Crippen LogP contribution is -2.09. The molecule has 0 bridgehead atoms. The second-order valence-electron chi connectivity index (χ2n) is 3.91. The Balaban J connectivity index is 2.26. The molecule has 1 heterocycles. The van der Waals surface area contributed by atoms with E-state index in [-0.39, 0.29) is 12.6 Å². The number of benzene rings is 1. The van der Waals surface area contributed by atoms with Gasteiger partial charge in [-0.05, 0) is 24.1 Å². The van der Waals surface area contributed by atoms with Crippen molar-refractivity contribution in [1.82, 2.24) is 9.97 Å². The number of nitrogens with zero attached hydrogens (tertiary/aromatic N) is 2. The van der Waals surface area contributed by atoms with E-state index < -0.39 is 11.9 Å². The van der Waals surface area contributed by atoms with Crippen LogP contribution >= 0.6 is 0 Å². The van der Waals surface area contributed by atoms with Crippen LogP contribution in [0.15, 0.2) is 36.5 Å². The SMILES string of the molecule is OCCc1ccccc1Oc1nccc(C(F)(F)F)n1. The smallest absolute Gasteiger partial charge is 0.424 e. The zero-order chi connectivity index (χ0) is 14.6. The van der Waals surface area contributed by atoms with Gasteiger partial charge < -0.3 is 9.84 Å². The van der Waals surface area contributed by atoms with Crippen molar-refractivity contribution < 1.29 is 23.0 Å². The summed E-state index contributed by atoms with van der Waals surface area (Å²) in [6, 6.07) is 7.08. The molecule has 2 rings (SSSR count). The predicted molar refractivity (Wildman–Crippen MR) is 64.3 cm³/mol. The number of ether oxygens (including phenoxy) is 1. The molecule has 0 atom stereocenters. The Morgan fingerprint density at radius 2 is 1.90 bits per heavy atom. The van der Waals surface area contributed by atoms with Crippen molar-refractivity contribution in [3.05, 3.63) is 47.8 Å². The normalized spacial score (nSPS) is 11.4. The average molecular weight is 284 g/mol. The largest absolute Gasteiger partial charge is 0.433 e. The summed E-state index contributed by atoms with van der Waals surface area (Å²) < 4.78 is 42.8. The Kier molecular flexibility index (Phi) is 4.19. The van der Waals surface area contributed by atoms with Gasteiger partial charge in [0.15, 0.2) is 5.69 Å². The van der Waals surface area contributed by atoms with E-state index in [1.165, 1.54) is 0 Å². The maximum atomic E-state index is 12.5. The molecule has 0 fully saturated rings. The third-order valence-corrected chi connectivity index (χ3v) is 2.48. The average Bonchev–Trinajstić information content (AvgIpc) is 2.41. The molecule has 0 aliphatic carbocycles. The van der Waals surface area contributed by atoms with Crippen LogP contribution in [0.2, 0.25) is 0 Å². The number of aromatic nitrogens is 2. The monoisotopic (exact) mass is 284 g/mol. The molecule has 0 unspecified atom stereocenters. The van der Waals surface area contributed by atoms with Gasteiger partial charge in [0, 0.05) is 12.8 Å². The first-order valence-electron chi connectivity index (χ1n) is 5.77. The van der Waals surface area contributed by atoms with Gasteiger partial charge in [-0.1, -0.05) is 18.2 Å². The van der Waals surface area contributed by atoms with Gasteiger partial charge in [0.05, 0.1) is 0 Å². The zero-order valence-electron chi connectivity index (χ0n) is 10.3. The minimum absolute atomic E-state index is 0.0934. The number of para-hydroxylation sites is 1. The summed E-state index contributed by atoms with van der Waals surface area (Å²) in [7, 11) is 0. The minimum atomic E-state index is -4.55. The molecular formula is C13H11F3N2O2. The molecule has 4 nitrogen and oxygen atoms in total. The third kappa shape index (κ3) is 3.45. The van der Waals surface area contributed by atoms with Crippen LogP contribution in [-0.4, -0.2) is 21.7 Å². The van der Waals surface area contributed by atoms with Gasteiger partial charge in [0.25, 0.3) is 0 Å². The molecule has 20 heavy (non-hydrogen) atoms. The Bertz CT molecular complexity index is 588. The third-order valence-electron chi connectivity index (χ3n) is 2.48. The second-order valence-corrected chi connectivity index (χ2v) is 3.91. The molecule has 0 aliphatic heterocycles. The Morgan fingerprint density at radius 3 is 2.60 bits per heavy atom. The summed E-state index contributed by atoms with van der Waals surface area (Å²) in [6.45, 7) is -0.0934. The van der Waals surface area contributed by atoms with Crippen molar-refractivity contribution in [3.63, 3.8) is 0 Å². The van der Waals surface area contributed by atoms with Crippen molar-refractivity contribution in [3.8, 4) is 11.8 Å². The summed E-state index contributed by atoms with van der Waals surface area (Å²) in [5, 5.41) is 8.93. The van der Waals surface area contributed by atoms with E-state index in [0.717, 1.165) is 12.3 Å². The zero-order valence-corrected chi connectivity index (χ0v) is 10.3. The highest BCUT2D eigenvalue weighted by molar-refractivity contribution is 5.35. The first-order chi connectivity index (χ1) is 9.50. The van der Waals surface area contributed by atoms with E-state index in [9.17, 15) is 13.2 Å².